The lowest BCUT2D eigenvalue weighted by molar-refractivity contribution is 0.0957. The van der Waals surface area contributed by atoms with Gasteiger partial charge in [-0.15, -0.1) is 11.3 Å². The van der Waals surface area contributed by atoms with Gasteiger partial charge in [0.1, 0.15) is 18.1 Å². The van der Waals surface area contributed by atoms with E-state index in [0.717, 1.165) is 29.2 Å². The summed E-state index contributed by atoms with van der Waals surface area (Å²) in [4.78, 5) is 16.7. The lowest BCUT2D eigenvalue weighted by Gasteiger charge is -2.18. The highest BCUT2D eigenvalue weighted by molar-refractivity contribution is 7.11. The van der Waals surface area contributed by atoms with E-state index >= 15 is 0 Å². The number of nitrogens with one attached hydrogen (secondary N) is 1. The van der Waals surface area contributed by atoms with Crippen molar-refractivity contribution in [2.24, 2.45) is 0 Å². The van der Waals surface area contributed by atoms with Gasteiger partial charge in [-0.2, -0.15) is 0 Å². The maximum absolute atomic E-state index is 12.0. The Morgan fingerprint density at radius 3 is 2.90 bits per heavy atom. The first kappa shape index (κ1) is 13.9. The first-order valence-electron chi connectivity index (χ1n) is 6.81. The molecule has 1 amide bonds. The average molecular weight is 304 g/mol. The fourth-order valence-electron chi connectivity index (χ4n) is 2.16. The highest BCUT2D eigenvalue weighted by atomic mass is 32.1. The maximum atomic E-state index is 12.0. The van der Waals surface area contributed by atoms with Gasteiger partial charge in [-0.05, 0) is 31.0 Å². The van der Waals surface area contributed by atoms with E-state index in [1.807, 2.05) is 25.1 Å². The number of ether oxygens (including phenoxy) is 2. The van der Waals surface area contributed by atoms with Crippen LogP contribution in [0, 0.1) is 6.92 Å². The van der Waals surface area contributed by atoms with Crippen LogP contribution >= 0.6 is 11.3 Å². The van der Waals surface area contributed by atoms with Crippen LogP contribution in [-0.4, -0.2) is 30.6 Å². The van der Waals surface area contributed by atoms with Gasteiger partial charge in [-0.1, -0.05) is 6.07 Å². The van der Waals surface area contributed by atoms with Crippen molar-refractivity contribution in [3.8, 4) is 11.5 Å². The fourth-order valence-corrected chi connectivity index (χ4v) is 2.88. The zero-order valence-electron chi connectivity index (χ0n) is 11.7. The third kappa shape index (κ3) is 3.16. The minimum Gasteiger partial charge on any atom is -0.486 e. The lowest BCUT2D eigenvalue weighted by Crippen LogP contribution is -2.25. The molecule has 3 rings (SSSR count). The molecule has 110 valence electrons. The molecule has 5 nitrogen and oxygen atoms in total. The Morgan fingerprint density at radius 2 is 2.14 bits per heavy atom. The van der Waals surface area contributed by atoms with Crippen LogP contribution in [0.3, 0.4) is 0 Å². The van der Waals surface area contributed by atoms with E-state index in [2.05, 4.69) is 10.3 Å². The normalized spacial score (nSPS) is 13.0. The molecule has 0 aliphatic carbocycles. The van der Waals surface area contributed by atoms with Crippen LogP contribution < -0.4 is 14.8 Å². The number of aryl methyl sites for hydroxylation is 1. The van der Waals surface area contributed by atoms with Gasteiger partial charge < -0.3 is 14.8 Å². The molecule has 0 saturated carbocycles. The molecule has 1 aliphatic heterocycles. The molecular weight excluding hydrogens is 288 g/mol. The SMILES string of the molecule is Cc1ncsc1C(=O)NCCc1ccc2c(c1)OCCO2. The summed E-state index contributed by atoms with van der Waals surface area (Å²) in [6, 6.07) is 5.88. The van der Waals surface area contributed by atoms with E-state index < -0.39 is 0 Å². The quantitative estimate of drug-likeness (QED) is 0.940. The number of rotatable bonds is 4. The Morgan fingerprint density at radius 1 is 1.33 bits per heavy atom. The molecule has 0 radical (unpaired) electrons. The first-order chi connectivity index (χ1) is 10.2. The molecule has 6 heteroatoms. The minimum atomic E-state index is -0.0625. The predicted molar refractivity (Wildman–Crippen MR) is 80.3 cm³/mol. The van der Waals surface area contributed by atoms with Gasteiger partial charge in [0, 0.05) is 6.54 Å². The third-order valence-corrected chi connectivity index (χ3v) is 4.18. The largest absolute Gasteiger partial charge is 0.486 e. The molecule has 1 aromatic carbocycles. The summed E-state index contributed by atoms with van der Waals surface area (Å²) in [6.07, 6.45) is 0.750. The van der Waals surface area contributed by atoms with Crippen molar-refractivity contribution >= 4 is 17.2 Å². The Balaban J connectivity index is 1.56. The van der Waals surface area contributed by atoms with E-state index in [9.17, 15) is 4.79 Å². The molecule has 21 heavy (non-hydrogen) atoms. The summed E-state index contributed by atoms with van der Waals surface area (Å²) in [5.41, 5.74) is 3.57. The molecule has 1 aliphatic rings. The number of thiazole rings is 1. The van der Waals surface area contributed by atoms with Crippen LogP contribution in [0.2, 0.25) is 0 Å². The second kappa shape index (κ2) is 6.13. The number of carbonyl (C=O) groups excluding carboxylic acids is 1. The number of carbonyl (C=O) groups is 1. The highest BCUT2D eigenvalue weighted by Gasteiger charge is 2.13. The van der Waals surface area contributed by atoms with Crippen molar-refractivity contribution in [2.75, 3.05) is 19.8 Å². The first-order valence-corrected chi connectivity index (χ1v) is 7.69. The smallest absolute Gasteiger partial charge is 0.263 e. The summed E-state index contributed by atoms with van der Waals surface area (Å²) < 4.78 is 11.0. The van der Waals surface area contributed by atoms with E-state index in [-0.39, 0.29) is 5.91 Å². The highest BCUT2D eigenvalue weighted by Crippen LogP contribution is 2.30. The molecule has 0 atom stereocenters. The van der Waals surface area contributed by atoms with Gasteiger partial charge in [-0.25, -0.2) is 4.98 Å². The van der Waals surface area contributed by atoms with Gasteiger partial charge in [0.15, 0.2) is 11.5 Å². The van der Waals surface area contributed by atoms with E-state index in [1.165, 1.54) is 11.3 Å². The number of nitrogens with zero attached hydrogens (tertiary/aromatic N) is 1. The lowest BCUT2D eigenvalue weighted by atomic mass is 10.1. The zero-order valence-corrected chi connectivity index (χ0v) is 12.5. The third-order valence-electron chi connectivity index (χ3n) is 3.26. The van der Waals surface area contributed by atoms with Crippen LogP contribution in [0.1, 0.15) is 20.9 Å². The Labute approximate surface area is 126 Å². The minimum absolute atomic E-state index is 0.0625. The van der Waals surface area contributed by atoms with Gasteiger partial charge in [0.25, 0.3) is 5.91 Å². The Hall–Kier alpha value is -2.08. The summed E-state index contributed by atoms with van der Waals surface area (Å²) in [7, 11) is 0. The summed E-state index contributed by atoms with van der Waals surface area (Å²) >= 11 is 1.36. The number of hydrogen-bond acceptors (Lipinski definition) is 5. The van der Waals surface area contributed by atoms with Crippen molar-refractivity contribution in [2.45, 2.75) is 13.3 Å². The van der Waals surface area contributed by atoms with E-state index in [1.54, 1.807) is 5.51 Å². The number of amides is 1. The molecule has 2 heterocycles. The summed E-state index contributed by atoms with van der Waals surface area (Å²) in [5.74, 6) is 1.50. The fraction of sp³-hybridized carbons (Fsp3) is 0.333. The predicted octanol–water partition coefficient (Wildman–Crippen LogP) is 2.20. The van der Waals surface area contributed by atoms with Crippen molar-refractivity contribution in [1.82, 2.24) is 10.3 Å². The van der Waals surface area contributed by atoms with Crippen molar-refractivity contribution < 1.29 is 14.3 Å². The van der Waals surface area contributed by atoms with Crippen molar-refractivity contribution in [3.63, 3.8) is 0 Å². The number of hydrogen-bond donors (Lipinski definition) is 1. The van der Waals surface area contributed by atoms with Crippen LogP contribution in [0.15, 0.2) is 23.7 Å². The monoisotopic (exact) mass is 304 g/mol. The molecule has 1 N–H and O–H groups in total. The molecule has 0 spiro atoms. The van der Waals surface area contributed by atoms with Crippen LogP contribution in [0.4, 0.5) is 0 Å². The van der Waals surface area contributed by atoms with Crippen molar-refractivity contribution in [3.05, 3.63) is 39.8 Å². The second-order valence-electron chi connectivity index (χ2n) is 4.75. The standard InChI is InChI=1S/C15H16N2O3S/c1-10-14(21-9-17-10)15(18)16-5-4-11-2-3-12-13(8-11)20-7-6-19-12/h2-3,8-9H,4-7H2,1H3,(H,16,18). The molecule has 2 aromatic rings. The van der Waals surface area contributed by atoms with E-state index in [0.29, 0.717) is 24.6 Å². The Kier molecular flexibility index (Phi) is 4.06. The molecule has 1 aromatic heterocycles. The van der Waals surface area contributed by atoms with Gasteiger partial charge in [0.05, 0.1) is 11.2 Å². The van der Waals surface area contributed by atoms with Gasteiger partial charge >= 0.3 is 0 Å². The topological polar surface area (TPSA) is 60.5 Å². The van der Waals surface area contributed by atoms with Crippen LogP contribution in [0.5, 0.6) is 11.5 Å². The molecule has 0 fully saturated rings. The van der Waals surface area contributed by atoms with Gasteiger partial charge in [0.2, 0.25) is 0 Å². The maximum Gasteiger partial charge on any atom is 0.263 e. The van der Waals surface area contributed by atoms with Crippen LogP contribution in [-0.2, 0) is 6.42 Å². The van der Waals surface area contributed by atoms with E-state index in [4.69, 9.17) is 9.47 Å². The number of fused-ring (bicyclic) bond motifs is 1. The molecule has 0 bridgehead atoms. The molecular formula is C15H16N2O3S. The summed E-state index contributed by atoms with van der Waals surface area (Å²) in [6.45, 7) is 3.59. The molecule has 0 saturated heterocycles. The average Bonchev–Trinajstić information content (AvgIpc) is 2.93. The number of benzene rings is 1. The summed E-state index contributed by atoms with van der Waals surface area (Å²) in [5, 5.41) is 2.91. The second-order valence-corrected chi connectivity index (χ2v) is 5.61. The molecule has 0 unspecified atom stereocenters. The van der Waals surface area contributed by atoms with Crippen LogP contribution in [0.25, 0.3) is 0 Å². The van der Waals surface area contributed by atoms with Gasteiger partial charge in [-0.3, -0.25) is 4.79 Å². The van der Waals surface area contributed by atoms with Crippen molar-refractivity contribution in [1.29, 1.82) is 0 Å². The Bertz CT molecular complexity index is 654. The number of aromatic nitrogens is 1. The zero-order chi connectivity index (χ0) is 14.7.